The standard InChI is InChI=1S/C15H17N5S/c1-3-10-5-4-6-17-12(10)8-18-13-11-7-9(2)21-14(11)20-15(16)19-13/h4-7H,3,8H2,1-2H3,(H3,16,18,19,20). The fourth-order valence-electron chi connectivity index (χ4n) is 2.31. The number of nitrogens with two attached hydrogens (primary N) is 1. The van der Waals surface area contributed by atoms with Gasteiger partial charge in [0.15, 0.2) is 0 Å². The Morgan fingerprint density at radius 2 is 2.19 bits per heavy atom. The van der Waals surface area contributed by atoms with E-state index in [1.165, 1.54) is 10.4 Å². The van der Waals surface area contributed by atoms with Crippen molar-refractivity contribution in [3.63, 3.8) is 0 Å². The van der Waals surface area contributed by atoms with Gasteiger partial charge in [0.1, 0.15) is 10.6 Å². The lowest BCUT2D eigenvalue weighted by molar-refractivity contribution is 0.966. The van der Waals surface area contributed by atoms with Crippen molar-refractivity contribution in [1.29, 1.82) is 0 Å². The summed E-state index contributed by atoms with van der Waals surface area (Å²) in [7, 11) is 0. The van der Waals surface area contributed by atoms with Crippen LogP contribution in [-0.4, -0.2) is 15.0 Å². The Kier molecular flexibility index (Phi) is 3.70. The molecule has 0 amide bonds. The Morgan fingerprint density at radius 1 is 1.33 bits per heavy atom. The van der Waals surface area contributed by atoms with E-state index in [1.54, 1.807) is 11.3 Å². The first-order valence-electron chi connectivity index (χ1n) is 6.87. The summed E-state index contributed by atoms with van der Waals surface area (Å²) in [5.41, 5.74) is 8.07. The van der Waals surface area contributed by atoms with Crippen LogP contribution in [-0.2, 0) is 13.0 Å². The average molecular weight is 299 g/mol. The molecule has 108 valence electrons. The van der Waals surface area contributed by atoms with Crippen molar-refractivity contribution in [2.24, 2.45) is 0 Å². The van der Waals surface area contributed by atoms with Crippen LogP contribution < -0.4 is 11.1 Å². The maximum absolute atomic E-state index is 5.79. The van der Waals surface area contributed by atoms with Gasteiger partial charge in [-0.2, -0.15) is 4.98 Å². The van der Waals surface area contributed by atoms with Crippen molar-refractivity contribution in [2.75, 3.05) is 11.1 Å². The lowest BCUT2D eigenvalue weighted by Gasteiger charge is -2.09. The normalized spacial score (nSPS) is 11.0. The number of nitrogens with zero attached hydrogens (tertiary/aromatic N) is 3. The number of hydrogen-bond acceptors (Lipinski definition) is 6. The largest absolute Gasteiger partial charge is 0.368 e. The molecule has 0 spiro atoms. The molecule has 3 aromatic heterocycles. The average Bonchev–Trinajstić information content (AvgIpc) is 2.85. The lowest BCUT2D eigenvalue weighted by Crippen LogP contribution is -2.07. The van der Waals surface area contributed by atoms with Gasteiger partial charge >= 0.3 is 0 Å². The highest BCUT2D eigenvalue weighted by Gasteiger charge is 2.10. The Hall–Kier alpha value is -2.21. The number of nitrogens with one attached hydrogen (secondary N) is 1. The van der Waals surface area contributed by atoms with Crippen LogP contribution in [0.5, 0.6) is 0 Å². The van der Waals surface area contributed by atoms with Crippen molar-refractivity contribution in [3.05, 3.63) is 40.5 Å². The quantitative estimate of drug-likeness (QED) is 0.774. The zero-order valence-corrected chi connectivity index (χ0v) is 12.9. The highest BCUT2D eigenvalue weighted by atomic mass is 32.1. The number of thiophene rings is 1. The van der Waals surface area contributed by atoms with E-state index in [0.29, 0.717) is 12.5 Å². The second-order valence-corrected chi connectivity index (χ2v) is 6.06. The molecule has 0 aliphatic heterocycles. The van der Waals surface area contributed by atoms with Gasteiger partial charge in [-0.3, -0.25) is 4.98 Å². The summed E-state index contributed by atoms with van der Waals surface area (Å²) in [6, 6.07) is 6.15. The molecule has 3 heterocycles. The zero-order chi connectivity index (χ0) is 14.8. The summed E-state index contributed by atoms with van der Waals surface area (Å²) in [4.78, 5) is 15.1. The van der Waals surface area contributed by atoms with Crippen molar-refractivity contribution in [1.82, 2.24) is 15.0 Å². The molecule has 6 heteroatoms. The summed E-state index contributed by atoms with van der Waals surface area (Å²) < 4.78 is 0. The molecule has 3 aromatic rings. The smallest absolute Gasteiger partial charge is 0.223 e. The molecular weight excluding hydrogens is 282 g/mol. The molecule has 0 fully saturated rings. The Balaban J connectivity index is 1.91. The van der Waals surface area contributed by atoms with Crippen LogP contribution in [0.25, 0.3) is 10.2 Å². The van der Waals surface area contributed by atoms with E-state index in [4.69, 9.17) is 5.73 Å². The van der Waals surface area contributed by atoms with Crippen molar-refractivity contribution >= 4 is 33.3 Å². The molecular formula is C15H17N5S. The van der Waals surface area contributed by atoms with Gasteiger partial charge in [-0.15, -0.1) is 11.3 Å². The SMILES string of the molecule is CCc1cccnc1CNc1nc(N)nc2sc(C)cc12. The fourth-order valence-corrected chi connectivity index (χ4v) is 3.20. The van der Waals surface area contributed by atoms with E-state index in [2.05, 4.69) is 46.2 Å². The number of aryl methyl sites for hydroxylation is 2. The van der Waals surface area contributed by atoms with Crippen molar-refractivity contribution in [2.45, 2.75) is 26.8 Å². The highest BCUT2D eigenvalue weighted by Crippen LogP contribution is 2.29. The Bertz CT molecular complexity index is 781. The van der Waals surface area contributed by atoms with Gasteiger partial charge in [0.05, 0.1) is 17.6 Å². The van der Waals surface area contributed by atoms with Crippen LogP contribution in [0, 0.1) is 6.92 Å². The van der Waals surface area contributed by atoms with Gasteiger partial charge in [0.2, 0.25) is 5.95 Å². The number of aromatic nitrogens is 3. The van der Waals surface area contributed by atoms with Crippen LogP contribution in [0.4, 0.5) is 11.8 Å². The predicted molar refractivity (Wildman–Crippen MR) is 87.5 cm³/mol. The zero-order valence-electron chi connectivity index (χ0n) is 12.1. The molecule has 0 aromatic carbocycles. The third-order valence-corrected chi connectivity index (χ3v) is 4.27. The van der Waals surface area contributed by atoms with Crippen molar-refractivity contribution < 1.29 is 0 Å². The monoisotopic (exact) mass is 299 g/mol. The molecule has 0 saturated carbocycles. The molecule has 21 heavy (non-hydrogen) atoms. The van der Waals surface area contributed by atoms with E-state index in [9.17, 15) is 0 Å². The second-order valence-electron chi connectivity index (χ2n) is 4.82. The number of nitrogen functional groups attached to an aromatic ring is 1. The minimum Gasteiger partial charge on any atom is -0.368 e. The van der Waals surface area contributed by atoms with E-state index >= 15 is 0 Å². The first kappa shape index (κ1) is 13.8. The molecule has 0 atom stereocenters. The molecule has 0 radical (unpaired) electrons. The van der Waals surface area contributed by atoms with Gasteiger partial charge in [-0.25, -0.2) is 4.98 Å². The summed E-state index contributed by atoms with van der Waals surface area (Å²) >= 11 is 1.62. The number of rotatable bonds is 4. The van der Waals surface area contributed by atoms with Gasteiger partial charge in [-0.1, -0.05) is 13.0 Å². The van der Waals surface area contributed by atoms with Crippen LogP contribution in [0.3, 0.4) is 0 Å². The van der Waals surface area contributed by atoms with Gasteiger partial charge in [0.25, 0.3) is 0 Å². The third-order valence-electron chi connectivity index (χ3n) is 3.32. The summed E-state index contributed by atoms with van der Waals surface area (Å²) in [6.45, 7) is 4.81. The molecule has 3 rings (SSSR count). The maximum atomic E-state index is 5.79. The van der Waals surface area contributed by atoms with Crippen LogP contribution in [0.15, 0.2) is 24.4 Å². The van der Waals surface area contributed by atoms with Crippen LogP contribution in [0.2, 0.25) is 0 Å². The summed E-state index contributed by atoms with van der Waals surface area (Å²) in [5.74, 6) is 1.07. The molecule has 0 unspecified atom stereocenters. The minimum absolute atomic E-state index is 0.295. The van der Waals surface area contributed by atoms with Crippen molar-refractivity contribution in [3.8, 4) is 0 Å². The number of fused-ring (bicyclic) bond motifs is 1. The van der Waals surface area contributed by atoms with E-state index in [1.807, 2.05) is 12.3 Å². The minimum atomic E-state index is 0.295. The van der Waals surface area contributed by atoms with E-state index in [0.717, 1.165) is 28.1 Å². The Labute approximate surface area is 127 Å². The molecule has 0 aliphatic rings. The van der Waals surface area contributed by atoms with E-state index in [-0.39, 0.29) is 0 Å². The van der Waals surface area contributed by atoms with Gasteiger partial charge in [-0.05, 0) is 31.0 Å². The summed E-state index contributed by atoms with van der Waals surface area (Å²) in [6.07, 6.45) is 2.78. The third kappa shape index (κ3) is 2.80. The highest BCUT2D eigenvalue weighted by molar-refractivity contribution is 7.18. The Morgan fingerprint density at radius 3 is 3.00 bits per heavy atom. The molecule has 0 saturated heterocycles. The molecule has 5 nitrogen and oxygen atoms in total. The van der Waals surface area contributed by atoms with Gasteiger partial charge in [0, 0.05) is 11.1 Å². The van der Waals surface area contributed by atoms with Crippen LogP contribution in [0.1, 0.15) is 23.1 Å². The summed E-state index contributed by atoms with van der Waals surface area (Å²) in [5, 5.41) is 4.36. The molecule has 0 aliphatic carbocycles. The first-order valence-corrected chi connectivity index (χ1v) is 7.69. The second kappa shape index (κ2) is 5.65. The van der Waals surface area contributed by atoms with Gasteiger partial charge < -0.3 is 11.1 Å². The maximum Gasteiger partial charge on any atom is 0.223 e. The molecule has 0 bridgehead atoms. The topological polar surface area (TPSA) is 76.7 Å². The van der Waals surface area contributed by atoms with Crippen LogP contribution >= 0.6 is 11.3 Å². The first-order chi connectivity index (χ1) is 10.2. The number of pyridine rings is 1. The number of hydrogen-bond donors (Lipinski definition) is 2. The van der Waals surface area contributed by atoms with E-state index < -0.39 is 0 Å². The fraction of sp³-hybridized carbons (Fsp3) is 0.267. The number of anilines is 2. The lowest BCUT2D eigenvalue weighted by atomic mass is 10.1. The molecule has 3 N–H and O–H groups in total. The predicted octanol–water partition coefficient (Wildman–Crippen LogP) is 3.15.